The molecule has 0 saturated carbocycles. The highest BCUT2D eigenvalue weighted by molar-refractivity contribution is 7.16. The highest BCUT2D eigenvalue weighted by Gasteiger charge is 2.26. The maximum atomic E-state index is 10.7. The Morgan fingerprint density at radius 1 is 1.30 bits per heavy atom. The molecule has 1 fully saturated rings. The average Bonchev–Trinajstić information content (AvgIpc) is 3.18. The van der Waals surface area contributed by atoms with Gasteiger partial charge in [0.1, 0.15) is 11.3 Å². The van der Waals surface area contributed by atoms with Gasteiger partial charge in [0, 0.05) is 12.2 Å². The molecule has 0 aliphatic carbocycles. The van der Waals surface area contributed by atoms with Crippen LogP contribution < -0.4 is 0 Å². The Balaban J connectivity index is 1.93. The van der Waals surface area contributed by atoms with Gasteiger partial charge in [-0.1, -0.05) is 29.3 Å². The van der Waals surface area contributed by atoms with Gasteiger partial charge in [0.15, 0.2) is 6.29 Å². The van der Waals surface area contributed by atoms with Gasteiger partial charge in [-0.05, 0) is 24.1 Å². The second-order valence-corrected chi connectivity index (χ2v) is 7.08. The molecule has 0 aromatic carbocycles. The van der Waals surface area contributed by atoms with E-state index in [2.05, 4.69) is 4.98 Å². The fourth-order valence-corrected chi connectivity index (χ4v) is 3.91. The maximum Gasteiger partial charge on any atom is 0.193 e. The number of halogens is 2. The second kappa shape index (κ2) is 7.44. The summed E-state index contributed by atoms with van der Waals surface area (Å²) < 4.78 is 11.4. The van der Waals surface area contributed by atoms with Crippen LogP contribution in [0.15, 0.2) is 18.2 Å². The molecule has 0 radical (unpaired) electrons. The molecular weight excluding hydrogens is 361 g/mol. The van der Waals surface area contributed by atoms with Crippen molar-refractivity contribution in [2.75, 3.05) is 19.8 Å². The quantitative estimate of drug-likeness (QED) is 0.785. The Kier molecular flexibility index (Phi) is 5.53. The Hall–Kier alpha value is -0.730. The summed E-state index contributed by atoms with van der Waals surface area (Å²) in [6.45, 7) is 1.03. The van der Waals surface area contributed by atoms with Crippen molar-refractivity contribution in [1.82, 2.24) is 4.98 Å². The molecule has 8 heteroatoms. The first-order valence-corrected chi connectivity index (χ1v) is 8.64. The number of rotatable bonds is 5. The second-order valence-electron chi connectivity index (χ2n) is 5.01. The minimum Gasteiger partial charge on any atom is -0.396 e. The van der Waals surface area contributed by atoms with Crippen LogP contribution in [0, 0.1) is 0 Å². The summed E-state index contributed by atoms with van der Waals surface area (Å²) in [6, 6.07) is 5.14. The van der Waals surface area contributed by atoms with Crippen molar-refractivity contribution in [1.29, 1.82) is 0 Å². The van der Waals surface area contributed by atoms with Crippen LogP contribution in [0.1, 0.15) is 34.1 Å². The fourth-order valence-electron chi connectivity index (χ4n) is 2.42. The number of hydrogen-bond acceptors (Lipinski definition) is 6. The molecule has 2 aromatic heterocycles. The third-order valence-electron chi connectivity index (χ3n) is 3.50. The van der Waals surface area contributed by atoms with Gasteiger partial charge in [0.2, 0.25) is 0 Å². The first kappa shape index (κ1) is 17.1. The zero-order valence-electron chi connectivity index (χ0n) is 12.0. The predicted molar refractivity (Wildman–Crippen MR) is 88.1 cm³/mol. The standard InChI is InChI=1S/C15H15Cl2NO4S/c16-11-2-1-8(3-4-19)12(18-11)13(20)9-7-10(23-14(9)17)15-21-5-6-22-15/h1-2,7,13,15,19-20H,3-6H2. The molecule has 0 bridgehead atoms. The van der Waals surface area contributed by atoms with Gasteiger partial charge in [-0.3, -0.25) is 0 Å². The molecule has 1 unspecified atom stereocenters. The first-order chi connectivity index (χ1) is 11.1. The molecular formula is C15H15Cl2NO4S. The van der Waals surface area contributed by atoms with Gasteiger partial charge in [-0.15, -0.1) is 11.3 Å². The summed E-state index contributed by atoms with van der Waals surface area (Å²) in [5, 5.41) is 20.1. The van der Waals surface area contributed by atoms with E-state index >= 15 is 0 Å². The Morgan fingerprint density at radius 3 is 2.74 bits per heavy atom. The first-order valence-electron chi connectivity index (χ1n) is 7.06. The number of pyridine rings is 1. The molecule has 3 rings (SSSR count). The number of aliphatic hydroxyl groups is 2. The van der Waals surface area contributed by atoms with E-state index in [1.165, 1.54) is 11.3 Å². The zero-order valence-corrected chi connectivity index (χ0v) is 14.4. The van der Waals surface area contributed by atoms with Gasteiger partial charge in [0.25, 0.3) is 0 Å². The third kappa shape index (κ3) is 3.69. The van der Waals surface area contributed by atoms with Crippen molar-refractivity contribution in [2.24, 2.45) is 0 Å². The van der Waals surface area contributed by atoms with Crippen molar-refractivity contribution in [3.63, 3.8) is 0 Å². The number of aliphatic hydroxyl groups excluding tert-OH is 2. The monoisotopic (exact) mass is 375 g/mol. The smallest absolute Gasteiger partial charge is 0.193 e. The highest BCUT2D eigenvalue weighted by atomic mass is 35.5. The van der Waals surface area contributed by atoms with Crippen LogP contribution in [0.25, 0.3) is 0 Å². The lowest BCUT2D eigenvalue weighted by molar-refractivity contribution is -0.0414. The third-order valence-corrected chi connectivity index (χ3v) is 5.12. The van der Waals surface area contributed by atoms with Crippen LogP contribution >= 0.6 is 34.5 Å². The molecule has 5 nitrogen and oxygen atoms in total. The van der Waals surface area contributed by atoms with E-state index in [4.69, 9.17) is 37.8 Å². The molecule has 2 N–H and O–H groups in total. The van der Waals surface area contributed by atoms with E-state index in [1.807, 2.05) is 0 Å². The van der Waals surface area contributed by atoms with E-state index < -0.39 is 12.4 Å². The molecule has 3 heterocycles. The predicted octanol–water partition coefficient (Wildman–Crippen LogP) is 3.11. The van der Waals surface area contributed by atoms with E-state index in [-0.39, 0.29) is 11.8 Å². The summed E-state index contributed by atoms with van der Waals surface area (Å²) in [4.78, 5) is 5.00. The van der Waals surface area contributed by atoms with Crippen LogP contribution in [0.5, 0.6) is 0 Å². The molecule has 1 atom stereocenters. The number of ether oxygens (including phenoxy) is 2. The lowest BCUT2D eigenvalue weighted by Crippen LogP contribution is -2.08. The normalized spacial score (nSPS) is 16.9. The van der Waals surface area contributed by atoms with Gasteiger partial charge in [0.05, 0.1) is 28.1 Å². The summed E-state index contributed by atoms with van der Waals surface area (Å²) in [7, 11) is 0. The lowest BCUT2D eigenvalue weighted by atomic mass is 10.0. The Bertz CT molecular complexity index is 688. The lowest BCUT2D eigenvalue weighted by Gasteiger charge is -2.14. The summed E-state index contributed by atoms with van der Waals surface area (Å²) >= 11 is 13.5. The van der Waals surface area contributed by atoms with Crippen molar-refractivity contribution < 1.29 is 19.7 Å². The SMILES string of the molecule is OCCc1ccc(Cl)nc1C(O)c1cc(C2OCCO2)sc1Cl. The van der Waals surface area contributed by atoms with E-state index in [0.29, 0.717) is 35.2 Å². The molecule has 124 valence electrons. The van der Waals surface area contributed by atoms with Crippen LogP contribution in [0.2, 0.25) is 9.49 Å². The highest BCUT2D eigenvalue weighted by Crippen LogP contribution is 2.40. The Morgan fingerprint density at radius 2 is 2.04 bits per heavy atom. The topological polar surface area (TPSA) is 71.8 Å². The number of thiophene rings is 1. The largest absolute Gasteiger partial charge is 0.396 e. The summed E-state index contributed by atoms with van der Waals surface area (Å²) in [5.41, 5.74) is 1.65. The van der Waals surface area contributed by atoms with Gasteiger partial charge in [-0.25, -0.2) is 4.98 Å². The number of aromatic nitrogens is 1. The Labute approximate surface area is 147 Å². The van der Waals surface area contributed by atoms with Crippen molar-refractivity contribution in [3.05, 3.63) is 49.4 Å². The maximum absolute atomic E-state index is 10.7. The molecule has 2 aromatic rings. The number of hydrogen-bond donors (Lipinski definition) is 2. The molecule has 1 aliphatic rings. The molecule has 0 amide bonds. The molecule has 0 spiro atoms. The summed E-state index contributed by atoms with van der Waals surface area (Å²) in [6.07, 6.45) is -1.10. The van der Waals surface area contributed by atoms with Crippen LogP contribution in [0.4, 0.5) is 0 Å². The zero-order chi connectivity index (χ0) is 16.4. The van der Waals surface area contributed by atoms with E-state index in [9.17, 15) is 5.11 Å². The molecule has 1 aliphatic heterocycles. The van der Waals surface area contributed by atoms with Crippen LogP contribution in [-0.2, 0) is 15.9 Å². The summed E-state index contributed by atoms with van der Waals surface area (Å²) in [5.74, 6) is 0. The van der Waals surface area contributed by atoms with Crippen molar-refractivity contribution in [3.8, 4) is 0 Å². The van der Waals surface area contributed by atoms with Gasteiger partial charge < -0.3 is 19.7 Å². The fraction of sp³-hybridized carbons (Fsp3) is 0.400. The minimum atomic E-state index is -1.03. The average molecular weight is 376 g/mol. The van der Waals surface area contributed by atoms with Crippen molar-refractivity contribution in [2.45, 2.75) is 18.8 Å². The van der Waals surface area contributed by atoms with Gasteiger partial charge in [-0.2, -0.15) is 0 Å². The molecule has 23 heavy (non-hydrogen) atoms. The van der Waals surface area contributed by atoms with Gasteiger partial charge >= 0.3 is 0 Å². The molecule has 1 saturated heterocycles. The van der Waals surface area contributed by atoms with Crippen molar-refractivity contribution >= 4 is 34.5 Å². The van der Waals surface area contributed by atoms with Crippen LogP contribution in [0.3, 0.4) is 0 Å². The van der Waals surface area contributed by atoms with E-state index in [1.54, 1.807) is 18.2 Å². The number of nitrogens with zero attached hydrogens (tertiary/aromatic N) is 1. The minimum absolute atomic E-state index is 0.0462. The van der Waals surface area contributed by atoms with E-state index in [0.717, 1.165) is 10.4 Å². The van der Waals surface area contributed by atoms with Crippen LogP contribution in [-0.4, -0.2) is 35.0 Å².